The van der Waals surface area contributed by atoms with Crippen LogP contribution in [-0.4, -0.2) is 34.5 Å². The smallest absolute Gasteiger partial charge is 0.341 e. The van der Waals surface area contributed by atoms with Crippen LogP contribution in [0.4, 0.5) is 0 Å². The highest BCUT2D eigenvalue weighted by Crippen LogP contribution is 2.24. The molecule has 29 heavy (non-hydrogen) atoms. The molecule has 0 fully saturated rings. The number of esters is 1. The van der Waals surface area contributed by atoms with Crippen LogP contribution in [0, 0.1) is 0 Å². The van der Waals surface area contributed by atoms with Gasteiger partial charge in [0.2, 0.25) is 0 Å². The first-order valence-corrected chi connectivity index (χ1v) is 9.00. The molecule has 0 spiro atoms. The molecule has 0 radical (unpaired) electrons. The van der Waals surface area contributed by atoms with Crippen molar-refractivity contribution >= 4 is 5.97 Å². The number of para-hydroxylation sites is 1. The zero-order valence-electron chi connectivity index (χ0n) is 16.0. The van der Waals surface area contributed by atoms with Crippen LogP contribution in [0.3, 0.4) is 0 Å². The number of pyridine rings is 1. The Kier molecular flexibility index (Phi) is 4.87. The summed E-state index contributed by atoms with van der Waals surface area (Å²) >= 11 is 0. The normalized spacial score (nSPS) is 10.8. The molecule has 0 atom stereocenters. The molecule has 0 saturated carbocycles. The lowest BCUT2D eigenvalue weighted by molar-refractivity contribution is 0.0600. The topological polar surface area (TPSA) is 75.3 Å². The van der Waals surface area contributed by atoms with Gasteiger partial charge in [-0.05, 0) is 29.8 Å². The number of nitrogens with zero attached hydrogens (tertiary/aromatic N) is 3. The minimum Gasteiger partial charge on any atom is -0.497 e. The van der Waals surface area contributed by atoms with Crippen molar-refractivity contribution in [1.29, 1.82) is 0 Å². The molecule has 0 unspecified atom stereocenters. The number of aromatic nitrogens is 3. The van der Waals surface area contributed by atoms with E-state index in [0.717, 1.165) is 11.3 Å². The zero-order valence-corrected chi connectivity index (χ0v) is 16.0. The number of hydrogen-bond acceptors (Lipinski definition) is 5. The van der Waals surface area contributed by atoms with Gasteiger partial charge < -0.3 is 14.0 Å². The van der Waals surface area contributed by atoms with E-state index in [4.69, 9.17) is 9.47 Å². The van der Waals surface area contributed by atoms with Crippen molar-refractivity contribution in [2.24, 2.45) is 0 Å². The summed E-state index contributed by atoms with van der Waals surface area (Å²) in [6, 6.07) is 16.7. The standard InChI is InChI=1S/C22H19N3O4/c1-28-17-10-8-15(9-11-17)12-24-13-18-20(19(14-24)22(27)29-2)23-25(21(18)26)16-6-4-3-5-7-16/h3-11,13-14H,12H2,1-2H3. The molecule has 2 heterocycles. The van der Waals surface area contributed by atoms with Crippen LogP contribution in [0.2, 0.25) is 0 Å². The quantitative estimate of drug-likeness (QED) is 0.491. The van der Waals surface area contributed by atoms with Gasteiger partial charge in [0, 0.05) is 18.9 Å². The molecular formula is C22H19N3O4. The maximum Gasteiger partial charge on any atom is 0.341 e. The Balaban J connectivity index is 1.83. The highest BCUT2D eigenvalue weighted by molar-refractivity contribution is 5.96. The summed E-state index contributed by atoms with van der Waals surface area (Å²) in [4.78, 5) is 25.4. The second kappa shape index (κ2) is 7.63. The van der Waals surface area contributed by atoms with E-state index in [1.54, 1.807) is 36.2 Å². The molecule has 0 saturated heterocycles. The Bertz CT molecular complexity index is 1180. The molecule has 0 N–H and O–H groups in total. The van der Waals surface area contributed by atoms with Gasteiger partial charge in [0.1, 0.15) is 17.0 Å². The molecular weight excluding hydrogens is 370 g/mol. The third kappa shape index (κ3) is 3.50. The van der Waals surface area contributed by atoms with Crippen LogP contribution in [-0.2, 0) is 11.3 Å². The Hall–Kier alpha value is -3.87. The fourth-order valence-electron chi connectivity index (χ4n) is 3.20. The van der Waals surface area contributed by atoms with Crippen LogP contribution in [0.5, 0.6) is 5.75 Å². The third-order valence-electron chi connectivity index (χ3n) is 4.65. The maximum atomic E-state index is 13.0. The summed E-state index contributed by atoms with van der Waals surface area (Å²) in [6.45, 7) is 0.472. The predicted octanol–water partition coefficient (Wildman–Crippen LogP) is 2.98. The summed E-state index contributed by atoms with van der Waals surface area (Å²) in [5, 5.41) is 4.40. The minimum atomic E-state index is -0.545. The molecule has 2 aliphatic heterocycles. The van der Waals surface area contributed by atoms with Gasteiger partial charge in [0.15, 0.2) is 0 Å². The molecule has 7 nitrogen and oxygen atoms in total. The number of benzene rings is 2. The van der Waals surface area contributed by atoms with Crippen LogP contribution in [0.15, 0.2) is 71.8 Å². The van der Waals surface area contributed by atoms with Crippen LogP contribution < -0.4 is 10.3 Å². The maximum absolute atomic E-state index is 13.0. The number of carbonyl (C=O) groups excluding carboxylic acids is 1. The largest absolute Gasteiger partial charge is 0.497 e. The lowest BCUT2D eigenvalue weighted by Gasteiger charge is -2.12. The molecule has 0 amide bonds. The fraction of sp³-hybridized carbons (Fsp3) is 0.136. The fourth-order valence-corrected chi connectivity index (χ4v) is 3.20. The van der Waals surface area contributed by atoms with Crippen molar-refractivity contribution in [3.05, 3.63) is 88.5 Å². The Morgan fingerprint density at radius 3 is 2.38 bits per heavy atom. The number of ether oxygens (including phenoxy) is 2. The van der Waals surface area contributed by atoms with E-state index in [1.165, 1.54) is 11.8 Å². The van der Waals surface area contributed by atoms with Crippen molar-refractivity contribution in [3.8, 4) is 22.7 Å². The van der Waals surface area contributed by atoms with E-state index in [9.17, 15) is 9.59 Å². The van der Waals surface area contributed by atoms with Gasteiger partial charge in [0.25, 0.3) is 5.56 Å². The molecule has 2 aliphatic rings. The summed E-state index contributed by atoms with van der Waals surface area (Å²) in [5.41, 5.74) is 2.24. The predicted molar refractivity (Wildman–Crippen MR) is 108 cm³/mol. The SMILES string of the molecule is COC(=O)c1cn(Cc2ccc(OC)cc2)cc2c(=O)n(-c3ccccc3)nc1-2. The minimum absolute atomic E-state index is 0.241. The molecule has 0 aliphatic carbocycles. The molecule has 2 aromatic rings. The average molecular weight is 389 g/mol. The van der Waals surface area contributed by atoms with Gasteiger partial charge in [-0.25, -0.2) is 4.79 Å². The van der Waals surface area contributed by atoms with E-state index in [1.807, 2.05) is 42.5 Å². The van der Waals surface area contributed by atoms with Gasteiger partial charge in [-0.15, -0.1) is 0 Å². The number of carbonyl (C=O) groups is 1. The summed E-state index contributed by atoms with van der Waals surface area (Å²) in [5.74, 6) is 0.215. The van der Waals surface area contributed by atoms with E-state index >= 15 is 0 Å². The molecule has 2 aromatic carbocycles. The van der Waals surface area contributed by atoms with E-state index in [0.29, 0.717) is 23.5 Å². The molecule has 146 valence electrons. The van der Waals surface area contributed by atoms with Gasteiger partial charge >= 0.3 is 5.97 Å². The second-order valence-electron chi connectivity index (χ2n) is 6.50. The first kappa shape index (κ1) is 18.5. The van der Waals surface area contributed by atoms with Crippen molar-refractivity contribution in [2.75, 3.05) is 14.2 Å². The van der Waals surface area contributed by atoms with Gasteiger partial charge in [-0.1, -0.05) is 30.3 Å². The van der Waals surface area contributed by atoms with E-state index in [2.05, 4.69) is 5.10 Å². The molecule has 7 heteroatoms. The number of rotatable bonds is 5. The third-order valence-corrected chi connectivity index (χ3v) is 4.65. The summed E-state index contributed by atoms with van der Waals surface area (Å²) < 4.78 is 13.2. The molecule has 0 bridgehead atoms. The highest BCUT2D eigenvalue weighted by Gasteiger charge is 2.24. The Labute approximate surface area is 167 Å². The molecule has 0 aromatic heterocycles. The number of methoxy groups -OCH3 is 2. The van der Waals surface area contributed by atoms with Crippen molar-refractivity contribution in [1.82, 2.24) is 14.3 Å². The van der Waals surface area contributed by atoms with Crippen LogP contribution >= 0.6 is 0 Å². The van der Waals surface area contributed by atoms with E-state index < -0.39 is 5.97 Å². The van der Waals surface area contributed by atoms with Gasteiger partial charge in [-0.2, -0.15) is 9.78 Å². The van der Waals surface area contributed by atoms with Crippen molar-refractivity contribution in [3.63, 3.8) is 0 Å². The van der Waals surface area contributed by atoms with E-state index in [-0.39, 0.29) is 11.1 Å². The van der Waals surface area contributed by atoms with Crippen molar-refractivity contribution < 1.29 is 14.3 Å². The van der Waals surface area contributed by atoms with Crippen molar-refractivity contribution in [2.45, 2.75) is 6.54 Å². The molecule has 4 rings (SSSR count). The Morgan fingerprint density at radius 2 is 1.72 bits per heavy atom. The number of fused-ring (bicyclic) bond motifs is 1. The Morgan fingerprint density at radius 1 is 1.00 bits per heavy atom. The van der Waals surface area contributed by atoms with Crippen LogP contribution in [0.25, 0.3) is 16.9 Å². The van der Waals surface area contributed by atoms with Gasteiger partial charge in [0.05, 0.1) is 25.5 Å². The first-order chi connectivity index (χ1) is 14.1. The van der Waals surface area contributed by atoms with Crippen LogP contribution in [0.1, 0.15) is 15.9 Å². The summed E-state index contributed by atoms with van der Waals surface area (Å²) in [7, 11) is 2.92. The second-order valence-corrected chi connectivity index (χ2v) is 6.50. The highest BCUT2D eigenvalue weighted by atomic mass is 16.5. The van der Waals surface area contributed by atoms with Gasteiger partial charge in [-0.3, -0.25) is 4.79 Å². The summed E-state index contributed by atoms with van der Waals surface area (Å²) in [6.07, 6.45) is 3.36. The lowest BCUT2D eigenvalue weighted by atomic mass is 10.1. The first-order valence-electron chi connectivity index (χ1n) is 9.00. The number of hydrogen-bond donors (Lipinski definition) is 0. The monoisotopic (exact) mass is 389 g/mol. The lowest BCUT2D eigenvalue weighted by Crippen LogP contribution is -2.15. The zero-order chi connectivity index (χ0) is 20.4. The average Bonchev–Trinajstić information content (AvgIpc) is 3.10.